The van der Waals surface area contributed by atoms with Gasteiger partial charge in [0.2, 0.25) is 5.91 Å². The van der Waals surface area contributed by atoms with Crippen LogP contribution in [0.25, 0.3) is 0 Å². The molecule has 3 rings (SSSR count). The Kier molecular flexibility index (Phi) is 5.18. The molecule has 1 atom stereocenters. The summed E-state index contributed by atoms with van der Waals surface area (Å²) < 4.78 is 5.22. The first kappa shape index (κ1) is 17.0. The van der Waals surface area contributed by atoms with Gasteiger partial charge in [0, 0.05) is 37.5 Å². The number of likely N-dealkylation sites (tertiary alicyclic amines) is 1. The van der Waals surface area contributed by atoms with E-state index in [1.54, 1.807) is 11.0 Å². The zero-order valence-electron chi connectivity index (χ0n) is 14.0. The standard InChI is InChI=1S/C17H25N3O4/c1-11(12-4-7-20(8-5-12)16(22)6-9-21)18-17(23)14-10-15(24-19-14)13-2-3-13/h10-13,21H,2-9H2,1H3,(H,18,23). The minimum Gasteiger partial charge on any atom is -0.396 e. The van der Waals surface area contributed by atoms with Crippen LogP contribution in [0.3, 0.4) is 0 Å². The second-order valence-electron chi connectivity index (χ2n) is 6.84. The lowest BCUT2D eigenvalue weighted by Gasteiger charge is -2.35. The van der Waals surface area contributed by atoms with Crippen LogP contribution in [0.4, 0.5) is 0 Å². The Morgan fingerprint density at radius 2 is 2.08 bits per heavy atom. The molecule has 2 N–H and O–H groups in total. The normalized spacial score (nSPS) is 20.0. The summed E-state index contributed by atoms with van der Waals surface area (Å²) in [5.74, 6) is 1.39. The molecule has 1 unspecified atom stereocenters. The fourth-order valence-corrected chi connectivity index (χ4v) is 3.26. The summed E-state index contributed by atoms with van der Waals surface area (Å²) >= 11 is 0. The van der Waals surface area contributed by atoms with E-state index in [0.29, 0.717) is 30.6 Å². The molecule has 24 heavy (non-hydrogen) atoms. The topological polar surface area (TPSA) is 95.7 Å². The number of nitrogens with zero attached hydrogens (tertiary/aromatic N) is 2. The van der Waals surface area contributed by atoms with Crippen LogP contribution >= 0.6 is 0 Å². The molecule has 0 radical (unpaired) electrons. The average molecular weight is 335 g/mol. The molecule has 2 aliphatic rings. The van der Waals surface area contributed by atoms with Crippen molar-refractivity contribution in [3.63, 3.8) is 0 Å². The smallest absolute Gasteiger partial charge is 0.273 e. The fraction of sp³-hybridized carbons (Fsp3) is 0.706. The molecule has 0 aromatic carbocycles. The number of aromatic nitrogens is 1. The minimum atomic E-state index is -0.197. The molecule has 2 fully saturated rings. The molecule has 2 heterocycles. The van der Waals surface area contributed by atoms with E-state index in [0.717, 1.165) is 31.4 Å². The van der Waals surface area contributed by atoms with Gasteiger partial charge in [-0.25, -0.2) is 0 Å². The largest absolute Gasteiger partial charge is 0.396 e. The summed E-state index contributed by atoms with van der Waals surface area (Å²) in [5, 5.41) is 15.7. The van der Waals surface area contributed by atoms with Gasteiger partial charge in [-0.2, -0.15) is 0 Å². The van der Waals surface area contributed by atoms with Gasteiger partial charge in [-0.15, -0.1) is 0 Å². The third-order valence-corrected chi connectivity index (χ3v) is 5.02. The van der Waals surface area contributed by atoms with Crippen molar-refractivity contribution in [2.24, 2.45) is 5.92 Å². The molecule has 1 saturated carbocycles. The first-order valence-corrected chi connectivity index (χ1v) is 8.74. The monoisotopic (exact) mass is 335 g/mol. The van der Waals surface area contributed by atoms with Crippen molar-refractivity contribution in [1.82, 2.24) is 15.4 Å². The van der Waals surface area contributed by atoms with Crippen molar-refractivity contribution in [3.8, 4) is 0 Å². The van der Waals surface area contributed by atoms with Crippen molar-refractivity contribution >= 4 is 11.8 Å². The van der Waals surface area contributed by atoms with Crippen LogP contribution in [0, 0.1) is 5.92 Å². The maximum atomic E-state index is 12.3. The summed E-state index contributed by atoms with van der Waals surface area (Å²) in [5.41, 5.74) is 0.347. The van der Waals surface area contributed by atoms with E-state index >= 15 is 0 Å². The number of hydrogen-bond donors (Lipinski definition) is 2. The SMILES string of the molecule is CC(NC(=O)c1cc(C2CC2)on1)C1CCN(C(=O)CCO)CC1. The van der Waals surface area contributed by atoms with Gasteiger partial charge >= 0.3 is 0 Å². The van der Waals surface area contributed by atoms with Crippen molar-refractivity contribution in [3.05, 3.63) is 17.5 Å². The van der Waals surface area contributed by atoms with E-state index in [1.807, 2.05) is 6.92 Å². The van der Waals surface area contributed by atoms with Crippen molar-refractivity contribution in [1.29, 1.82) is 0 Å². The number of aliphatic hydroxyl groups is 1. The highest BCUT2D eigenvalue weighted by Crippen LogP contribution is 2.40. The molecular formula is C17H25N3O4. The molecule has 1 aromatic heterocycles. The van der Waals surface area contributed by atoms with Gasteiger partial charge in [0.25, 0.3) is 5.91 Å². The zero-order chi connectivity index (χ0) is 17.1. The molecule has 132 valence electrons. The number of carbonyl (C=O) groups excluding carboxylic acids is 2. The Morgan fingerprint density at radius 3 is 2.71 bits per heavy atom. The van der Waals surface area contributed by atoms with Gasteiger partial charge in [0.1, 0.15) is 5.76 Å². The van der Waals surface area contributed by atoms with E-state index in [4.69, 9.17) is 9.63 Å². The first-order chi connectivity index (χ1) is 11.6. The zero-order valence-corrected chi connectivity index (χ0v) is 14.0. The summed E-state index contributed by atoms with van der Waals surface area (Å²) in [6, 6.07) is 1.77. The Morgan fingerprint density at radius 1 is 1.38 bits per heavy atom. The number of nitrogens with one attached hydrogen (secondary N) is 1. The van der Waals surface area contributed by atoms with Crippen molar-refractivity contribution < 1.29 is 19.2 Å². The lowest BCUT2D eigenvalue weighted by atomic mass is 9.90. The van der Waals surface area contributed by atoms with Crippen molar-refractivity contribution in [2.45, 2.75) is 51.0 Å². The maximum absolute atomic E-state index is 12.3. The number of aliphatic hydroxyl groups excluding tert-OH is 1. The molecule has 0 bridgehead atoms. The lowest BCUT2D eigenvalue weighted by Crippen LogP contribution is -2.45. The number of piperidine rings is 1. The van der Waals surface area contributed by atoms with Gasteiger partial charge in [0.05, 0.1) is 6.61 Å². The summed E-state index contributed by atoms with van der Waals surface area (Å²) in [7, 11) is 0. The van der Waals surface area contributed by atoms with Gasteiger partial charge in [-0.05, 0) is 38.5 Å². The summed E-state index contributed by atoms with van der Waals surface area (Å²) in [4.78, 5) is 25.9. The maximum Gasteiger partial charge on any atom is 0.273 e. The minimum absolute atomic E-state index is 0.00263. The summed E-state index contributed by atoms with van der Waals surface area (Å²) in [6.45, 7) is 3.25. The van der Waals surface area contributed by atoms with Crippen LogP contribution in [0.15, 0.2) is 10.6 Å². The Labute approximate surface area is 141 Å². The molecule has 7 nitrogen and oxygen atoms in total. The van der Waals surface area contributed by atoms with Crippen LogP contribution < -0.4 is 5.32 Å². The molecule has 1 aliphatic heterocycles. The van der Waals surface area contributed by atoms with E-state index in [2.05, 4.69) is 10.5 Å². The Bertz CT molecular complexity index is 588. The Hall–Kier alpha value is -1.89. The molecule has 1 aliphatic carbocycles. The number of carbonyl (C=O) groups is 2. The van der Waals surface area contributed by atoms with E-state index < -0.39 is 0 Å². The third-order valence-electron chi connectivity index (χ3n) is 5.02. The van der Waals surface area contributed by atoms with Crippen LogP contribution in [0.2, 0.25) is 0 Å². The van der Waals surface area contributed by atoms with Gasteiger partial charge in [0.15, 0.2) is 5.69 Å². The van der Waals surface area contributed by atoms with Crippen LogP contribution in [0.5, 0.6) is 0 Å². The first-order valence-electron chi connectivity index (χ1n) is 8.74. The van der Waals surface area contributed by atoms with E-state index in [1.165, 1.54) is 0 Å². The predicted octanol–water partition coefficient (Wildman–Crippen LogP) is 1.29. The highest BCUT2D eigenvalue weighted by atomic mass is 16.5. The second-order valence-corrected chi connectivity index (χ2v) is 6.84. The highest BCUT2D eigenvalue weighted by molar-refractivity contribution is 5.92. The quantitative estimate of drug-likeness (QED) is 0.817. The molecular weight excluding hydrogens is 310 g/mol. The van der Waals surface area contributed by atoms with Crippen LogP contribution in [0.1, 0.15) is 61.2 Å². The van der Waals surface area contributed by atoms with Gasteiger partial charge in [-0.1, -0.05) is 5.16 Å². The number of hydrogen-bond acceptors (Lipinski definition) is 5. The predicted molar refractivity (Wildman–Crippen MR) is 86.4 cm³/mol. The third kappa shape index (κ3) is 3.95. The molecule has 1 aromatic rings. The number of amides is 2. The van der Waals surface area contributed by atoms with Crippen LogP contribution in [-0.4, -0.2) is 52.7 Å². The van der Waals surface area contributed by atoms with Crippen molar-refractivity contribution in [2.75, 3.05) is 19.7 Å². The average Bonchev–Trinajstić information content (AvgIpc) is 3.32. The van der Waals surface area contributed by atoms with Crippen LogP contribution in [-0.2, 0) is 4.79 Å². The van der Waals surface area contributed by atoms with Gasteiger partial charge < -0.3 is 19.8 Å². The fourth-order valence-electron chi connectivity index (χ4n) is 3.26. The Balaban J connectivity index is 1.47. The molecule has 0 spiro atoms. The van der Waals surface area contributed by atoms with Gasteiger partial charge in [-0.3, -0.25) is 9.59 Å². The van der Waals surface area contributed by atoms with E-state index in [9.17, 15) is 9.59 Å². The molecule has 7 heteroatoms. The molecule has 2 amide bonds. The summed E-state index contributed by atoms with van der Waals surface area (Å²) in [6.07, 6.45) is 4.11. The van der Waals surface area contributed by atoms with E-state index in [-0.39, 0.29) is 30.9 Å². The lowest BCUT2D eigenvalue weighted by molar-refractivity contribution is -0.133. The number of rotatable bonds is 6. The molecule has 1 saturated heterocycles. The highest BCUT2D eigenvalue weighted by Gasteiger charge is 2.30. The second kappa shape index (κ2) is 7.34.